The molecule has 0 saturated carbocycles. The molecule has 0 aromatic heterocycles. The first-order valence-corrected chi connectivity index (χ1v) is 8.95. The molecule has 1 N–H and O–H groups in total. The maximum Gasteiger partial charge on any atom is 0.175 e. The van der Waals surface area contributed by atoms with Gasteiger partial charge in [0.1, 0.15) is 6.61 Å². The van der Waals surface area contributed by atoms with Crippen LogP contribution in [0.2, 0.25) is 0 Å². The van der Waals surface area contributed by atoms with Crippen molar-refractivity contribution in [2.24, 2.45) is 0 Å². The lowest BCUT2D eigenvalue weighted by Crippen LogP contribution is -2.05. The minimum atomic E-state index is 0.232. The predicted octanol–water partition coefficient (Wildman–Crippen LogP) is 4.93. The summed E-state index contributed by atoms with van der Waals surface area (Å²) in [5.74, 6) is 3.94. The van der Waals surface area contributed by atoms with Crippen LogP contribution in [0.5, 0.6) is 11.5 Å². The van der Waals surface area contributed by atoms with E-state index in [0.717, 1.165) is 20.6 Å². The number of benzene rings is 2. The number of halogens is 1. The molecule has 0 fully saturated rings. The van der Waals surface area contributed by atoms with Gasteiger partial charge in [-0.2, -0.15) is 0 Å². The Morgan fingerprint density at radius 3 is 2.58 bits per heavy atom. The monoisotopic (exact) mass is 435 g/mol. The predicted molar refractivity (Wildman–Crippen MR) is 108 cm³/mol. The molecule has 0 saturated heterocycles. The smallest absolute Gasteiger partial charge is 0.175 e. The molecule has 24 heavy (non-hydrogen) atoms. The fraction of sp³-hybridized carbons (Fsp3) is 0.300. The Bertz CT molecular complexity index is 750. The van der Waals surface area contributed by atoms with E-state index in [-0.39, 0.29) is 6.61 Å². The molecule has 0 aliphatic heterocycles. The van der Waals surface area contributed by atoms with E-state index in [4.69, 9.17) is 15.9 Å². The minimum absolute atomic E-state index is 0.232. The standard InChI is InChI=1S/C20H22INO2/c1-5-9-24-20-18(21)11-16(12-19(20)23-6-2)13-22-17-8-7-14(3)15(4)10-17/h1,7-8,10-12,22H,6,9,13H2,2-4H3. The Morgan fingerprint density at radius 2 is 1.92 bits per heavy atom. The Balaban J connectivity index is 2.17. The lowest BCUT2D eigenvalue weighted by molar-refractivity contribution is 0.297. The molecule has 2 aromatic carbocycles. The van der Waals surface area contributed by atoms with E-state index in [0.29, 0.717) is 18.9 Å². The minimum Gasteiger partial charge on any atom is -0.490 e. The molecule has 0 heterocycles. The van der Waals surface area contributed by atoms with Crippen LogP contribution in [0.25, 0.3) is 0 Å². The van der Waals surface area contributed by atoms with Crippen molar-refractivity contribution < 1.29 is 9.47 Å². The fourth-order valence-electron chi connectivity index (χ4n) is 2.30. The van der Waals surface area contributed by atoms with E-state index in [9.17, 15) is 0 Å². The zero-order valence-electron chi connectivity index (χ0n) is 14.3. The van der Waals surface area contributed by atoms with Crippen molar-refractivity contribution in [3.63, 3.8) is 0 Å². The third-order valence-electron chi connectivity index (χ3n) is 3.67. The van der Waals surface area contributed by atoms with E-state index in [1.807, 2.05) is 13.0 Å². The second kappa shape index (κ2) is 8.84. The first-order chi connectivity index (χ1) is 11.5. The van der Waals surface area contributed by atoms with Gasteiger partial charge in [-0.05, 0) is 84.3 Å². The summed E-state index contributed by atoms with van der Waals surface area (Å²) in [4.78, 5) is 0. The number of anilines is 1. The summed E-state index contributed by atoms with van der Waals surface area (Å²) >= 11 is 2.25. The van der Waals surface area contributed by atoms with Crippen LogP contribution < -0.4 is 14.8 Å². The van der Waals surface area contributed by atoms with Gasteiger partial charge in [-0.15, -0.1) is 6.42 Å². The summed E-state index contributed by atoms with van der Waals surface area (Å²) in [6, 6.07) is 10.5. The zero-order valence-corrected chi connectivity index (χ0v) is 16.4. The third kappa shape index (κ3) is 4.81. The molecule has 0 amide bonds. The van der Waals surface area contributed by atoms with Crippen LogP contribution in [0.1, 0.15) is 23.6 Å². The highest BCUT2D eigenvalue weighted by atomic mass is 127. The van der Waals surface area contributed by atoms with Gasteiger partial charge < -0.3 is 14.8 Å². The second-order valence-electron chi connectivity index (χ2n) is 5.48. The lowest BCUT2D eigenvalue weighted by atomic mass is 10.1. The maximum atomic E-state index is 5.72. The van der Waals surface area contributed by atoms with Crippen molar-refractivity contribution in [3.05, 3.63) is 50.6 Å². The van der Waals surface area contributed by atoms with Crippen molar-refractivity contribution in [3.8, 4) is 23.8 Å². The van der Waals surface area contributed by atoms with Crippen LogP contribution in [0, 0.1) is 29.8 Å². The van der Waals surface area contributed by atoms with E-state index >= 15 is 0 Å². The largest absolute Gasteiger partial charge is 0.490 e. The highest BCUT2D eigenvalue weighted by molar-refractivity contribution is 14.1. The Morgan fingerprint density at radius 1 is 1.12 bits per heavy atom. The van der Waals surface area contributed by atoms with Gasteiger partial charge in [0.05, 0.1) is 10.2 Å². The fourth-order valence-corrected chi connectivity index (χ4v) is 3.12. The number of ether oxygens (including phenoxy) is 2. The van der Waals surface area contributed by atoms with Crippen molar-refractivity contribution in [2.75, 3.05) is 18.5 Å². The van der Waals surface area contributed by atoms with Crippen LogP contribution >= 0.6 is 22.6 Å². The maximum absolute atomic E-state index is 5.72. The van der Waals surface area contributed by atoms with Crippen molar-refractivity contribution in [1.82, 2.24) is 0 Å². The van der Waals surface area contributed by atoms with Crippen molar-refractivity contribution in [2.45, 2.75) is 27.3 Å². The second-order valence-corrected chi connectivity index (χ2v) is 6.65. The zero-order chi connectivity index (χ0) is 17.5. The number of hydrogen-bond donors (Lipinski definition) is 1. The molecular weight excluding hydrogens is 413 g/mol. The van der Waals surface area contributed by atoms with E-state index in [2.05, 4.69) is 71.9 Å². The first-order valence-electron chi connectivity index (χ1n) is 7.87. The molecule has 0 radical (unpaired) electrons. The molecule has 126 valence electrons. The molecule has 0 aliphatic rings. The van der Waals surface area contributed by atoms with E-state index < -0.39 is 0 Å². The molecule has 0 unspecified atom stereocenters. The molecule has 2 rings (SSSR count). The molecule has 4 heteroatoms. The van der Waals surface area contributed by atoms with Gasteiger partial charge in [0.15, 0.2) is 11.5 Å². The SMILES string of the molecule is C#CCOc1c(I)cc(CNc2ccc(C)c(C)c2)cc1OCC. The third-order valence-corrected chi connectivity index (χ3v) is 4.47. The Hall–Kier alpha value is -1.87. The van der Waals surface area contributed by atoms with Gasteiger partial charge >= 0.3 is 0 Å². The Kier molecular flexibility index (Phi) is 6.80. The lowest BCUT2D eigenvalue weighted by Gasteiger charge is -2.15. The summed E-state index contributed by atoms with van der Waals surface area (Å²) < 4.78 is 12.3. The molecule has 0 spiro atoms. The summed E-state index contributed by atoms with van der Waals surface area (Å²) in [6.45, 7) is 7.72. The topological polar surface area (TPSA) is 30.5 Å². The van der Waals surface area contributed by atoms with Crippen LogP contribution in [0.4, 0.5) is 5.69 Å². The van der Waals surface area contributed by atoms with Crippen LogP contribution in [-0.4, -0.2) is 13.2 Å². The molecule has 0 bridgehead atoms. The first kappa shape index (κ1) is 18.5. The number of nitrogens with one attached hydrogen (secondary N) is 1. The Labute approximate surface area is 157 Å². The normalized spacial score (nSPS) is 10.1. The van der Waals surface area contributed by atoms with Gasteiger partial charge in [-0.1, -0.05) is 12.0 Å². The summed E-state index contributed by atoms with van der Waals surface area (Å²) in [7, 11) is 0. The molecule has 0 atom stereocenters. The average Bonchev–Trinajstić information content (AvgIpc) is 2.55. The summed E-state index contributed by atoms with van der Waals surface area (Å²) in [5, 5.41) is 3.46. The van der Waals surface area contributed by atoms with Gasteiger partial charge in [-0.25, -0.2) is 0 Å². The number of hydrogen-bond acceptors (Lipinski definition) is 3. The number of terminal acetylenes is 1. The van der Waals surface area contributed by atoms with Gasteiger partial charge in [0.2, 0.25) is 0 Å². The van der Waals surface area contributed by atoms with Gasteiger partial charge in [-0.3, -0.25) is 0 Å². The number of aryl methyl sites for hydroxylation is 2. The van der Waals surface area contributed by atoms with Crippen LogP contribution in [0.3, 0.4) is 0 Å². The van der Waals surface area contributed by atoms with Gasteiger partial charge in [0, 0.05) is 12.2 Å². The number of rotatable bonds is 7. The quantitative estimate of drug-likeness (QED) is 0.494. The van der Waals surface area contributed by atoms with E-state index in [1.165, 1.54) is 11.1 Å². The van der Waals surface area contributed by atoms with Crippen LogP contribution in [-0.2, 0) is 6.54 Å². The summed E-state index contributed by atoms with van der Waals surface area (Å²) in [6.07, 6.45) is 5.29. The average molecular weight is 435 g/mol. The molecule has 0 aliphatic carbocycles. The molecular formula is C20H22INO2. The highest BCUT2D eigenvalue weighted by Gasteiger charge is 2.12. The molecule has 3 nitrogen and oxygen atoms in total. The van der Waals surface area contributed by atoms with E-state index in [1.54, 1.807) is 0 Å². The molecule has 2 aromatic rings. The van der Waals surface area contributed by atoms with Crippen molar-refractivity contribution in [1.29, 1.82) is 0 Å². The van der Waals surface area contributed by atoms with Crippen LogP contribution in [0.15, 0.2) is 30.3 Å². The van der Waals surface area contributed by atoms with Gasteiger partial charge in [0.25, 0.3) is 0 Å². The summed E-state index contributed by atoms with van der Waals surface area (Å²) in [5.41, 5.74) is 4.82. The van der Waals surface area contributed by atoms with Crippen molar-refractivity contribution >= 4 is 28.3 Å². The highest BCUT2D eigenvalue weighted by Crippen LogP contribution is 2.34.